The molecular formula is C32H37FN2O4. The number of benzene rings is 3. The SMILES string of the molecule is COc1ccc(OCCCC(=O)N(Cc2ccccc2F)[C@H](Cc2ccccc2)C(=O)NC2CCCC2)cc1. The molecule has 2 amide bonds. The van der Waals surface area contributed by atoms with E-state index < -0.39 is 11.9 Å². The van der Waals surface area contributed by atoms with Crippen LogP contribution in [0, 0.1) is 5.82 Å². The molecule has 7 heteroatoms. The van der Waals surface area contributed by atoms with Gasteiger partial charge in [-0.05, 0) is 55.2 Å². The number of methoxy groups -OCH3 is 1. The Labute approximate surface area is 230 Å². The standard InChI is InChI=1S/C32H37FN2O4/c1-38-27-17-19-28(20-18-27)39-21-9-16-31(36)35(23-25-12-5-8-15-29(25)33)30(22-24-10-3-2-4-11-24)32(37)34-26-13-6-7-14-26/h2-5,8,10-12,15,17-20,26,30H,6-7,9,13-14,16,21-23H2,1H3,(H,34,37)/t30-/m1/s1. The highest BCUT2D eigenvalue weighted by atomic mass is 19.1. The van der Waals surface area contributed by atoms with E-state index in [1.54, 1.807) is 30.2 Å². The smallest absolute Gasteiger partial charge is 0.243 e. The van der Waals surface area contributed by atoms with Gasteiger partial charge in [0.25, 0.3) is 0 Å². The summed E-state index contributed by atoms with van der Waals surface area (Å²) >= 11 is 0. The van der Waals surface area contributed by atoms with E-state index in [4.69, 9.17) is 9.47 Å². The third-order valence-electron chi connectivity index (χ3n) is 7.13. The Balaban J connectivity index is 1.50. The number of rotatable bonds is 13. The second-order valence-corrected chi connectivity index (χ2v) is 9.94. The van der Waals surface area contributed by atoms with E-state index in [0.29, 0.717) is 30.8 Å². The number of carbonyl (C=O) groups excluding carboxylic acids is 2. The Kier molecular flexibility index (Phi) is 10.3. The van der Waals surface area contributed by atoms with Gasteiger partial charge < -0.3 is 19.7 Å². The topological polar surface area (TPSA) is 67.9 Å². The number of carbonyl (C=O) groups is 2. The van der Waals surface area contributed by atoms with E-state index in [1.165, 1.54) is 6.07 Å². The fourth-order valence-corrected chi connectivity index (χ4v) is 4.96. The molecule has 3 aromatic rings. The van der Waals surface area contributed by atoms with Crippen LogP contribution in [0.1, 0.15) is 49.7 Å². The second-order valence-electron chi connectivity index (χ2n) is 9.94. The van der Waals surface area contributed by atoms with Crippen molar-refractivity contribution in [2.45, 2.75) is 63.6 Å². The zero-order valence-corrected chi connectivity index (χ0v) is 22.5. The van der Waals surface area contributed by atoms with Crippen molar-refractivity contribution in [1.82, 2.24) is 10.2 Å². The average Bonchev–Trinajstić information content (AvgIpc) is 3.47. The molecule has 0 unspecified atom stereocenters. The van der Waals surface area contributed by atoms with Crippen LogP contribution < -0.4 is 14.8 Å². The first kappa shape index (κ1) is 28.1. The van der Waals surface area contributed by atoms with Crippen molar-refractivity contribution in [3.63, 3.8) is 0 Å². The molecule has 0 aliphatic heterocycles. The zero-order chi connectivity index (χ0) is 27.5. The van der Waals surface area contributed by atoms with E-state index >= 15 is 0 Å². The number of nitrogens with one attached hydrogen (secondary N) is 1. The van der Waals surface area contributed by atoms with Crippen LogP contribution in [0.25, 0.3) is 0 Å². The van der Waals surface area contributed by atoms with Crippen molar-refractivity contribution in [3.05, 3.63) is 95.8 Å². The van der Waals surface area contributed by atoms with Gasteiger partial charge >= 0.3 is 0 Å². The molecule has 206 valence electrons. The maximum Gasteiger partial charge on any atom is 0.243 e. The summed E-state index contributed by atoms with van der Waals surface area (Å²) < 4.78 is 25.7. The molecule has 0 spiro atoms. The second kappa shape index (κ2) is 14.3. The van der Waals surface area contributed by atoms with E-state index in [9.17, 15) is 14.0 Å². The molecule has 0 aromatic heterocycles. The molecule has 0 saturated heterocycles. The molecule has 1 aliphatic rings. The summed E-state index contributed by atoms with van der Waals surface area (Å²) in [6, 6.07) is 22.7. The summed E-state index contributed by atoms with van der Waals surface area (Å²) in [5, 5.41) is 3.17. The van der Waals surface area contributed by atoms with Crippen molar-refractivity contribution in [3.8, 4) is 11.5 Å². The summed E-state index contributed by atoms with van der Waals surface area (Å²) in [4.78, 5) is 28.9. The molecule has 1 fully saturated rings. The molecule has 39 heavy (non-hydrogen) atoms. The summed E-state index contributed by atoms with van der Waals surface area (Å²) in [6.45, 7) is 0.351. The maximum atomic E-state index is 14.7. The monoisotopic (exact) mass is 532 g/mol. The van der Waals surface area contributed by atoms with Gasteiger partial charge in [-0.25, -0.2) is 4.39 Å². The fourth-order valence-electron chi connectivity index (χ4n) is 4.96. The molecule has 6 nitrogen and oxygen atoms in total. The minimum atomic E-state index is -0.761. The predicted molar refractivity (Wildman–Crippen MR) is 149 cm³/mol. The van der Waals surface area contributed by atoms with Crippen LogP contribution >= 0.6 is 0 Å². The van der Waals surface area contributed by atoms with Gasteiger partial charge in [0.1, 0.15) is 23.4 Å². The van der Waals surface area contributed by atoms with Crippen molar-refractivity contribution in [2.24, 2.45) is 0 Å². The predicted octanol–water partition coefficient (Wildman–Crippen LogP) is 5.69. The Morgan fingerprint density at radius 2 is 1.62 bits per heavy atom. The third kappa shape index (κ3) is 8.31. The lowest BCUT2D eigenvalue weighted by molar-refractivity contribution is -0.141. The highest BCUT2D eigenvalue weighted by Crippen LogP contribution is 2.22. The number of hydrogen-bond acceptors (Lipinski definition) is 4. The van der Waals surface area contributed by atoms with Gasteiger partial charge in [0.15, 0.2) is 0 Å². The summed E-state index contributed by atoms with van der Waals surface area (Å²) in [5.41, 5.74) is 1.32. The normalized spacial score (nSPS) is 14.0. The van der Waals surface area contributed by atoms with Crippen molar-refractivity contribution in [1.29, 1.82) is 0 Å². The Morgan fingerprint density at radius 3 is 2.31 bits per heavy atom. The first-order valence-electron chi connectivity index (χ1n) is 13.7. The van der Waals surface area contributed by atoms with Crippen LogP contribution in [-0.2, 0) is 22.6 Å². The summed E-state index contributed by atoms with van der Waals surface area (Å²) in [5.74, 6) is 0.628. The van der Waals surface area contributed by atoms with Gasteiger partial charge in [0.2, 0.25) is 11.8 Å². The van der Waals surface area contributed by atoms with Gasteiger partial charge in [-0.2, -0.15) is 0 Å². The number of hydrogen-bond donors (Lipinski definition) is 1. The molecule has 3 aromatic carbocycles. The van der Waals surface area contributed by atoms with Gasteiger partial charge in [-0.3, -0.25) is 9.59 Å². The highest BCUT2D eigenvalue weighted by Gasteiger charge is 2.32. The van der Waals surface area contributed by atoms with E-state index in [0.717, 1.165) is 37.0 Å². The van der Waals surface area contributed by atoms with E-state index in [2.05, 4.69) is 5.32 Å². The third-order valence-corrected chi connectivity index (χ3v) is 7.13. The van der Waals surface area contributed by atoms with Crippen molar-refractivity contribution in [2.75, 3.05) is 13.7 Å². The first-order chi connectivity index (χ1) is 19.0. The number of amides is 2. The molecular weight excluding hydrogens is 495 g/mol. The van der Waals surface area contributed by atoms with Gasteiger partial charge in [-0.15, -0.1) is 0 Å². The molecule has 1 saturated carbocycles. The quantitative estimate of drug-likeness (QED) is 0.287. The zero-order valence-electron chi connectivity index (χ0n) is 22.5. The van der Waals surface area contributed by atoms with E-state index in [-0.39, 0.29) is 30.8 Å². The molecule has 0 bridgehead atoms. The Hall–Kier alpha value is -3.87. The van der Waals surface area contributed by atoms with Crippen molar-refractivity contribution >= 4 is 11.8 Å². The van der Waals surface area contributed by atoms with Gasteiger partial charge in [-0.1, -0.05) is 61.4 Å². The minimum Gasteiger partial charge on any atom is -0.497 e. The highest BCUT2D eigenvalue weighted by molar-refractivity contribution is 5.88. The van der Waals surface area contributed by atoms with Crippen LogP contribution in [0.4, 0.5) is 4.39 Å². The molecule has 4 rings (SSSR count). The van der Waals surface area contributed by atoms with Crippen LogP contribution in [0.2, 0.25) is 0 Å². The van der Waals surface area contributed by atoms with E-state index in [1.807, 2.05) is 54.6 Å². The lowest BCUT2D eigenvalue weighted by Crippen LogP contribution is -2.52. The van der Waals surface area contributed by atoms with Crippen LogP contribution in [0.3, 0.4) is 0 Å². The molecule has 1 aliphatic carbocycles. The summed E-state index contributed by atoms with van der Waals surface area (Å²) in [6.07, 6.45) is 5.03. The summed E-state index contributed by atoms with van der Waals surface area (Å²) in [7, 11) is 1.60. The average molecular weight is 533 g/mol. The van der Waals surface area contributed by atoms with Crippen LogP contribution in [0.5, 0.6) is 11.5 Å². The Morgan fingerprint density at radius 1 is 0.949 bits per heavy atom. The van der Waals surface area contributed by atoms with Crippen molar-refractivity contribution < 1.29 is 23.5 Å². The minimum absolute atomic E-state index is 0.0143. The molecule has 1 N–H and O–H groups in total. The lowest BCUT2D eigenvalue weighted by Gasteiger charge is -2.32. The number of nitrogens with zero attached hydrogens (tertiary/aromatic N) is 1. The van der Waals surface area contributed by atoms with Crippen LogP contribution in [0.15, 0.2) is 78.9 Å². The maximum absolute atomic E-state index is 14.7. The van der Waals surface area contributed by atoms with Crippen LogP contribution in [-0.4, -0.2) is 42.5 Å². The number of halogens is 1. The molecule has 1 atom stereocenters. The first-order valence-corrected chi connectivity index (χ1v) is 13.7. The largest absolute Gasteiger partial charge is 0.497 e. The fraction of sp³-hybridized carbons (Fsp3) is 0.375. The molecule has 0 radical (unpaired) electrons. The Bertz CT molecular complexity index is 1200. The molecule has 0 heterocycles. The number of ether oxygens (including phenoxy) is 2. The lowest BCUT2D eigenvalue weighted by atomic mass is 10.0. The van der Waals surface area contributed by atoms with Gasteiger partial charge in [0.05, 0.1) is 13.7 Å². The van der Waals surface area contributed by atoms with Gasteiger partial charge in [0, 0.05) is 31.0 Å².